The summed E-state index contributed by atoms with van der Waals surface area (Å²) in [6, 6.07) is 3.80. The van der Waals surface area contributed by atoms with Crippen LogP contribution in [0.2, 0.25) is 0 Å². The highest BCUT2D eigenvalue weighted by atomic mass is 16.5. The Hall–Kier alpha value is -1.49. The van der Waals surface area contributed by atoms with Gasteiger partial charge < -0.3 is 19.8 Å². The highest BCUT2D eigenvalue weighted by Gasteiger charge is 1.99. The number of rotatable bonds is 7. The van der Waals surface area contributed by atoms with Gasteiger partial charge >= 0.3 is 0 Å². The third-order valence-electron chi connectivity index (χ3n) is 2.20. The Morgan fingerprint density at radius 1 is 1.47 bits per heavy atom. The number of nitrogens with zero attached hydrogens (tertiary/aromatic N) is 1. The predicted octanol–water partition coefficient (Wildman–Crippen LogP) is 1.37. The van der Waals surface area contributed by atoms with E-state index in [1.165, 1.54) is 0 Å². The van der Waals surface area contributed by atoms with E-state index in [4.69, 9.17) is 9.15 Å². The number of furan rings is 1. The molecule has 0 fully saturated rings. The highest BCUT2D eigenvalue weighted by molar-refractivity contribution is 5.79. The van der Waals surface area contributed by atoms with Gasteiger partial charge in [-0.3, -0.25) is 4.99 Å². The molecule has 0 radical (unpaired) electrons. The molecule has 0 aromatic carbocycles. The first-order chi connectivity index (χ1) is 8.36. The fourth-order valence-electron chi connectivity index (χ4n) is 1.33. The lowest BCUT2D eigenvalue weighted by atomic mass is 10.4. The zero-order valence-corrected chi connectivity index (χ0v) is 10.5. The Labute approximate surface area is 102 Å². The van der Waals surface area contributed by atoms with Crippen molar-refractivity contribution in [3.63, 3.8) is 0 Å². The van der Waals surface area contributed by atoms with Gasteiger partial charge in [-0.05, 0) is 25.5 Å². The molecule has 0 saturated carbocycles. The van der Waals surface area contributed by atoms with Crippen molar-refractivity contribution in [1.29, 1.82) is 0 Å². The van der Waals surface area contributed by atoms with Crippen molar-refractivity contribution in [1.82, 2.24) is 10.6 Å². The van der Waals surface area contributed by atoms with E-state index >= 15 is 0 Å². The van der Waals surface area contributed by atoms with E-state index in [0.29, 0.717) is 6.54 Å². The monoisotopic (exact) mass is 239 g/mol. The summed E-state index contributed by atoms with van der Waals surface area (Å²) in [6.45, 7) is 5.03. The predicted molar refractivity (Wildman–Crippen MR) is 68.0 cm³/mol. The summed E-state index contributed by atoms with van der Waals surface area (Å²) < 4.78 is 10.5. The lowest BCUT2D eigenvalue weighted by Gasteiger charge is -2.10. The molecule has 0 saturated heterocycles. The van der Waals surface area contributed by atoms with Crippen LogP contribution in [0.4, 0.5) is 0 Å². The number of guanidine groups is 1. The van der Waals surface area contributed by atoms with E-state index in [1.807, 2.05) is 19.1 Å². The summed E-state index contributed by atoms with van der Waals surface area (Å²) in [6.07, 6.45) is 2.63. The summed E-state index contributed by atoms with van der Waals surface area (Å²) in [7, 11) is 1.75. The van der Waals surface area contributed by atoms with Crippen LogP contribution in [0, 0.1) is 0 Å². The molecule has 5 heteroatoms. The average Bonchev–Trinajstić information content (AvgIpc) is 2.86. The van der Waals surface area contributed by atoms with Crippen molar-refractivity contribution in [2.45, 2.75) is 19.9 Å². The van der Waals surface area contributed by atoms with Gasteiger partial charge in [0.25, 0.3) is 0 Å². The Bertz CT molecular complexity index is 310. The highest BCUT2D eigenvalue weighted by Crippen LogP contribution is 1.98. The van der Waals surface area contributed by atoms with Crippen LogP contribution in [0.5, 0.6) is 0 Å². The van der Waals surface area contributed by atoms with Gasteiger partial charge in [-0.1, -0.05) is 0 Å². The average molecular weight is 239 g/mol. The van der Waals surface area contributed by atoms with Crippen LogP contribution in [0.25, 0.3) is 0 Å². The van der Waals surface area contributed by atoms with Crippen molar-refractivity contribution < 1.29 is 9.15 Å². The lowest BCUT2D eigenvalue weighted by Crippen LogP contribution is -2.37. The van der Waals surface area contributed by atoms with Crippen LogP contribution in [-0.2, 0) is 11.3 Å². The van der Waals surface area contributed by atoms with E-state index in [1.54, 1.807) is 13.3 Å². The molecule has 96 valence electrons. The molecular weight excluding hydrogens is 218 g/mol. The van der Waals surface area contributed by atoms with Gasteiger partial charge in [0.15, 0.2) is 5.96 Å². The molecule has 0 spiro atoms. The number of aliphatic imine (C=N–C) groups is 1. The summed E-state index contributed by atoms with van der Waals surface area (Å²) in [5.41, 5.74) is 0. The minimum Gasteiger partial charge on any atom is -0.467 e. The first-order valence-electron chi connectivity index (χ1n) is 5.91. The molecule has 0 atom stereocenters. The van der Waals surface area contributed by atoms with E-state index in [-0.39, 0.29) is 0 Å². The fourth-order valence-corrected chi connectivity index (χ4v) is 1.33. The van der Waals surface area contributed by atoms with Crippen LogP contribution in [-0.4, -0.2) is 32.8 Å². The van der Waals surface area contributed by atoms with Crippen LogP contribution in [0.15, 0.2) is 27.8 Å². The molecule has 0 unspecified atom stereocenters. The van der Waals surface area contributed by atoms with Crippen molar-refractivity contribution in [3.05, 3.63) is 24.2 Å². The Kier molecular flexibility index (Phi) is 6.90. The lowest BCUT2D eigenvalue weighted by molar-refractivity contribution is 0.145. The second-order valence-corrected chi connectivity index (χ2v) is 3.48. The maximum absolute atomic E-state index is 5.25. The van der Waals surface area contributed by atoms with Crippen LogP contribution in [0.3, 0.4) is 0 Å². The van der Waals surface area contributed by atoms with Gasteiger partial charge in [-0.15, -0.1) is 0 Å². The van der Waals surface area contributed by atoms with Gasteiger partial charge in [-0.25, -0.2) is 0 Å². The van der Waals surface area contributed by atoms with Gasteiger partial charge in [-0.2, -0.15) is 0 Å². The Balaban J connectivity index is 2.12. The van der Waals surface area contributed by atoms with E-state index < -0.39 is 0 Å². The Morgan fingerprint density at radius 2 is 2.35 bits per heavy atom. The second kappa shape index (κ2) is 8.64. The second-order valence-electron chi connectivity index (χ2n) is 3.48. The van der Waals surface area contributed by atoms with E-state index in [9.17, 15) is 0 Å². The third kappa shape index (κ3) is 5.97. The minimum absolute atomic E-state index is 0.637. The first kappa shape index (κ1) is 13.6. The molecule has 0 aliphatic heterocycles. The molecule has 0 bridgehead atoms. The van der Waals surface area contributed by atoms with Crippen LogP contribution >= 0.6 is 0 Å². The summed E-state index contributed by atoms with van der Waals surface area (Å²) in [5, 5.41) is 6.38. The zero-order valence-electron chi connectivity index (χ0n) is 10.5. The molecular formula is C12H21N3O2. The van der Waals surface area contributed by atoms with E-state index in [0.717, 1.165) is 37.9 Å². The van der Waals surface area contributed by atoms with Crippen molar-refractivity contribution in [3.8, 4) is 0 Å². The topological polar surface area (TPSA) is 58.8 Å². The number of hydrogen-bond donors (Lipinski definition) is 2. The summed E-state index contributed by atoms with van der Waals surface area (Å²) in [5.74, 6) is 1.67. The van der Waals surface area contributed by atoms with Crippen LogP contribution < -0.4 is 10.6 Å². The third-order valence-corrected chi connectivity index (χ3v) is 2.20. The molecule has 2 N–H and O–H groups in total. The van der Waals surface area contributed by atoms with Gasteiger partial charge in [0.05, 0.1) is 12.8 Å². The molecule has 1 aromatic heterocycles. The molecule has 1 heterocycles. The normalized spacial score (nSPS) is 11.5. The van der Waals surface area contributed by atoms with Crippen LogP contribution in [0.1, 0.15) is 19.1 Å². The first-order valence-corrected chi connectivity index (χ1v) is 5.91. The van der Waals surface area contributed by atoms with Crippen molar-refractivity contribution in [2.75, 3.05) is 26.8 Å². The molecule has 5 nitrogen and oxygen atoms in total. The molecule has 0 amide bonds. The molecule has 1 rings (SSSR count). The van der Waals surface area contributed by atoms with Gasteiger partial charge in [0, 0.05) is 26.8 Å². The number of hydrogen-bond acceptors (Lipinski definition) is 3. The van der Waals surface area contributed by atoms with Crippen molar-refractivity contribution >= 4 is 5.96 Å². The number of nitrogens with one attached hydrogen (secondary N) is 2. The minimum atomic E-state index is 0.637. The molecule has 1 aromatic rings. The quantitative estimate of drug-likeness (QED) is 0.428. The largest absolute Gasteiger partial charge is 0.467 e. The van der Waals surface area contributed by atoms with Gasteiger partial charge in [0.2, 0.25) is 0 Å². The fraction of sp³-hybridized carbons (Fsp3) is 0.583. The van der Waals surface area contributed by atoms with Crippen molar-refractivity contribution in [2.24, 2.45) is 4.99 Å². The smallest absolute Gasteiger partial charge is 0.191 e. The maximum Gasteiger partial charge on any atom is 0.191 e. The number of ether oxygens (including phenoxy) is 1. The summed E-state index contributed by atoms with van der Waals surface area (Å²) >= 11 is 0. The van der Waals surface area contributed by atoms with Gasteiger partial charge in [0.1, 0.15) is 5.76 Å². The maximum atomic E-state index is 5.25. The molecule has 0 aliphatic carbocycles. The molecule has 0 aliphatic rings. The zero-order chi connectivity index (χ0) is 12.3. The standard InChI is InChI=1S/C12H21N3O2/c1-3-16-8-5-7-14-12(13-2)15-10-11-6-4-9-17-11/h4,6,9H,3,5,7-8,10H2,1-2H3,(H2,13,14,15). The molecule has 17 heavy (non-hydrogen) atoms. The van der Waals surface area contributed by atoms with E-state index in [2.05, 4.69) is 15.6 Å². The SMILES string of the molecule is CCOCCCNC(=NC)NCc1ccco1. The Morgan fingerprint density at radius 3 is 3.00 bits per heavy atom. The summed E-state index contributed by atoms with van der Waals surface area (Å²) in [4.78, 5) is 4.12.